The Morgan fingerprint density at radius 2 is 2.11 bits per heavy atom. The highest BCUT2D eigenvalue weighted by atomic mass is 35.5. The van der Waals surface area contributed by atoms with Crippen LogP contribution >= 0.6 is 11.6 Å². The van der Waals surface area contributed by atoms with E-state index in [1.807, 2.05) is 24.3 Å². The number of fused-ring (bicyclic) bond motifs is 1. The van der Waals surface area contributed by atoms with Crippen LogP contribution in [0.5, 0.6) is 0 Å². The number of imidazole rings is 1. The summed E-state index contributed by atoms with van der Waals surface area (Å²) in [6.07, 6.45) is 1.48. The van der Waals surface area contributed by atoms with Crippen molar-refractivity contribution in [3.8, 4) is 0 Å². The summed E-state index contributed by atoms with van der Waals surface area (Å²) in [5.74, 6) is 0.0227. The number of aromatic amines is 1. The van der Waals surface area contributed by atoms with Gasteiger partial charge in [0.25, 0.3) is 5.91 Å². The smallest absolute Gasteiger partial charge is 0.276 e. The molecule has 5 nitrogen and oxygen atoms in total. The Bertz CT molecular complexity index is 720. The van der Waals surface area contributed by atoms with Crippen LogP contribution in [0, 0.1) is 0 Å². The van der Waals surface area contributed by atoms with Gasteiger partial charge in [0.1, 0.15) is 5.69 Å². The lowest BCUT2D eigenvalue weighted by atomic mass is 10.3. The van der Waals surface area contributed by atoms with Gasteiger partial charge in [-0.1, -0.05) is 23.7 Å². The van der Waals surface area contributed by atoms with Gasteiger partial charge in [0.2, 0.25) is 5.95 Å². The minimum absolute atomic E-state index is 0.243. The van der Waals surface area contributed by atoms with Crippen molar-refractivity contribution in [3.05, 3.63) is 53.3 Å². The fourth-order valence-electron chi connectivity index (χ4n) is 1.71. The van der Waals surface area contributed by atoms with E-state index in [1.54, 1.807) is 6.07 Å². The minimum atomic E-state index is -0.360. The Kier molecular flexibility index (Phi) is 2.89. The molecule has 6 heteroatoms. The lowest BCUT2D eigenvalue weighted by Crippen LogP contribution is -2.14. The Morgan fingerprint density at radius 3 is 2.89 bits per heavy atom. The molecule has 0 saturated heterocycles. The third-order valence-electron chi connectivity index (χ3n) is 2.58. The number of halogens is 1. The summed E-state index contributed by atoms with van der Waals surface area (Å²) in [7, 11) is 0. The maximum atomic E-state index is 12.0. The summed E-state index contributed by atoms with van der Waals surface area (Å²) >= 11 is 5.81. The normalized spacial score (nSPS) is 10.6. The molecule has 0 unspecified atom stereocenters. The predicted molar refractivity (Wildman–Crippen MR) is 73.3 cm³/mol. The van der Waals surface area contributed by atoms with Crippen molar-refractivity contribution in [2.75, 3.05) is 5.32 Å². The number of H-pyrrole nitrogens is 1. The first-order valence-corrected chi connectivity index (χ1v) is 5.98. The van der Waals surface area contributed by atoms with E-state index < -0.39 is 0 Å². The first-order valence-electron chi connectivity index (χ1n) is 5.60. The Balaban J connectivity index is 1.86. The van der Waals surface area contributed by atoms with Gasteiger partial charge >= 0.3 is 0 Å². The number of amides is 1. The van der Waals surface area contributed by atoms with Crippen molar-refractivity contribution >= 4 is 34.5 Å². The highest BCUT2D eigenvalue weighted by Crippen LogP contribution is 2.14. The fraction of sp³-hybridized carbons (Fsp3) is 0. The molecule has 1 amide bonds. The molecule has 0 saturated carbocycles. The maximum absolute atomic E-state index is 12.0. The van der Waals surface area contributed by atoms with E-state index in [0.717, 1.165) is 11.0 Å². The van der Waals surface area contributed by atoms with Gasteiger partial charge in [0.05, 0.1) is 11.0 Å². The zero-order chi connectivity index (χ0) is 13.2. The van der Waals surface area contributed by atoms with E-state index >= 15 is 0 Å². The number of para-hydroxylation sites is 2. The number of anilines is 1. The Hall–Kier alpha value is -2.40. The second-order valence-corrected chi connectivity index (χ2v) is 4.35. The molecule has 0 radical (unpaired) electrons. The number of aromatic nitrogens is 3. The van der Waals surface area contributed by atoms with Crippen LogP contribution in [-0.4, -0.2) is 20.9 Å². The predicted octanol–water partition coefficient (Wildman–Crippen LogP) is 2.86. The van der Waals surface area contributed by atoms with Gasteiger partial charge in [-0.3, -0.25) is 15.1 Å². The number of nitrogens with zero attached hydrogens (tertiary/aromatic N) is 2. The zero-order valence-electron chi connectivity index (χ0n) is 9.72. The van der Waals surface area contributed by atoms with E-state index in [1.165, 1.54) is 12.3 Å². The molecule has 1 aromatic carbocycles. The monoisotopic (exact) mass is 272 g/mol. The Labute approximate surface area is 113 Å². The van der Waals surface area contributed by atoms with Gasteiger partial charge in [-0.25, -0.2) is 4.98 Å². The molecule has 3 aromatic rings. The van der Waals surface area contributed by atoms with E-state index in [2.05, 4.69) is 20.3 Å². The lowest BCUT2D eigenvalue weighted by molar-refractivity contribution is 0.102. The standard InChI is InChI=1S/C13H9ClN4O/c14-8-5-6-15-11(7-8)12(19)18-13-16-9-3-1-2-4-10(9)17-13/h1-7H,(H2,16,17,18,19). The summed E-state index contributed by atoms with van der Waals surface area (Å²) in [4.78, 5) is 23.2. The second kappa shape index (κ2) is 4.70. The third kappa shape index (κ3) is 2.41. The maximum Gasteiger partial charge on any atom is 0.276 e. The lowest BCUT2D eigenvalue weighted by Gasteiger charge is -2.00. The van der Waals surface area contributed by atoms with Crippen LogP contribution in [0.25, 0.3) is 11.0 Å². The number of nitrogens with one attached hydrogen (secondary N) is 2. The molecular weight excluding hydrogens is 264 g/mol. The highest BCUT2D eigenvalue weighted by Gasteiger charge is 2.10. The van der Waals surface area contributed by atoms with Crippen molar-refractivity contribution in [2.45, 2.75) is 0 Å². The number of hydrogen-bond donors (Lipinski definition) is 2. The van der Waals surface area contributed by atoms with Crippen molar-refractivity contribution in [3.63, 3.8) is 0 Å². The summed E-state index contributed by atoms with van der Waals surface area (Å²) in [6, 6.07) is 10.6. The van der Waals surface area contributed by atoms with E-state index in [0.29, 0.717) is 11.0 Å². The topological polar surface area (TPSA) is 70.7 Å². The minimum Gasteiger partial charge on any atom is -0.324 e. The van der Waals surface area contributed by atoms with Gasteiger partial charge in [-0.05, 0) is 24.3 Å². The van der Waals surface area contributed by atoms with Crippen LogP contribution in [0.1, 0.15) is 10.5 Å². The number of carbonyl (C=O) groups is 1. The average molecular weight is 273 g/mol. The van der Waals surface area contributed by atoms with Crippen molar-refractivity contribution in [1.29, 1.82) is 0 Å². The van der Waals surface area contributed by atoms with Crippen LogP contribution in [0.2, 0.25) is 5.02 Å². The quantitative estimate of drug-likeness (QED) is 0.753. The molecule has 2 heterocycles. The molecule has 0 aliphatic rings. The van der Waals surface area contributed by atoms with Gasteiger partial charge in [0.15, 0.2) is 0 Å². The molecule has 0 bridgehead atoms. The van der Waals surface area contributed by atoms with Gasteiger partial charge in [0, 0.05) is 11.2 Å². The van der Waals surface area contributed by atoms with Crippen molar-refractivity contribution in [2.24, 2.45) is 0 Å². The first kappa shape index (κ1) is 11.7. The number of hydrogen-bond acceptors (Lipinski definition) is 3. The SMILES string of the molecule is O=C(Nc1nc2ccccc2[nH]1)c1cc(Cl)ccn1. The zero-order valence-corrected chi connectivity index (χ0v) is 10.5. The summed E-state index contributed by atoms with van der Waals surface area (Å²) < 4.78 is 0. The van der Waals surface area contributed by atoms with Gasteiger partial charge in [-0.15, -0.1) is 0 Å². The molecule has 0 atom stereocenters. The highest BCUT2D eigenvalue weighted by molar-refractivity contribution is 6.30. The van der Waals surface area contributed by atoms with Gasteiger partial charge < -0.3 is 4.98 Å². The van der Waals surface area contributed by atoms with E-state index in [4.69, 9.17) is 11.6 Å². The number of benzene rings is 1. The van der Waals surface area contributed by atoms with Crippen LogP contribution < -0.4 is 5.32 Å². The van der Waals surface area contributed by atoms with Crippen LogP contribution in [0.3, 0.4) is 0 Å². The molecule has 0 aliphatic heterocycles. The largest absolute Gasteiger partial charge is 0.324 e. The molecular formula is C13H9ClN4O. The van der Waals surface area contributed by atoms with Crippen molar-refractivity contribution < 1.29 is 4.79 Å². The van der Waals surface area contributed by atoms with Crippen molar-refractivity contribution in [1.82, 2.24) is 15.0 Å². The number of carbonyl (C=O) groups excluding carboxylic acids is 1. The molecule has 0 spiro atoms. The molecule has 2 N–H and O–H groups in total. The van der Waals surface area contributed by atoms with Crippen LogP contribution in [0.15, 0.2) is 42.6 Å². The van der Waals surface area contributed by atoms with Crippen LogP contribution in [-0.2, 0) is 0 Å². The molecule has 94 valence electrons. The third-order valence-corrected chi connectivity index (χ3v) is 2.81. The molecule has 3 rings (SSSR count). The molecule has 0 aliphatic carbocycles. The summed E-state index contributed by atoms with van der Waals surface area (Å²) in [5, 5.41) is 3.11. The van der Waals surface area contributed by atoms with E-state index in [-0.39, 0.29) is 11.6 Å². The van der Waals surface area contributed by atoms with Crippen LogP contribution in [0.4, 0.5) is 5.95 Å². The summed E-state index contributed by atoms with van der Waals surface area (Å²) in [6.45, 7) is 0. The molecule has 2 aromatic heterocycles. The average Bonchev–Trinajstić information content (AvgIpc) is 2.80. The van der Waals surface area contributed by atoms with Gasteiger partial charge in [-0.2, -0.15) is 0 Å². The first-order chi connectivity index (χ1) is 9.22. The Morgan fingerprint density at radius 1 is 1.26 bits per heavy atom. The second-order valence-electron chi connectivity index (χ2n) is 3.92. The van der Waals surface area contributed by atoms with E-state index in [9.17, 15) is 4.79 Å². The number of rotatable bonds is 2. The fourth-order valence-corrected chi connectivity index (χ4v) is 1.87. The molecule has 19 heavy (non-hydrogen) atoms. The number of pyridine rings is 1. The molecule has 0 fully saturated rings. The summed E-state index contributed by atoms with van der Waals surface area (Å²) in [5.41, 5.74) is 1.89.